The molecule has 8 heteroatoms. The van der Waals surface area contributed by atoms with Crippen LogP contribution in [0.1, 0.15) is 46.8 Å². The molecule has 7 nitrogen and oxygen atoms in total. The van der Waals surface area contributed by atoms with Gasteiger partial charge in [-0.05, 0) is 45.2 Å². The Hall–Kier alpha value is -1.45. The molecule has 0 atom stereocenters. The molecule has 1 amide bonds. The zero-order valence-corrected chi connectivity index (χ0v) is 19.5. The van der Waals surface area contributed by atoms with Crippen molar-refractivity contribution in [1.29, 1.82) is 0 Å². The summed E-state index contributed by atoms with van der Waals surface area (Å²) < 4.78 is 10.5. The van der Waals surface area contributed by atoms with Gasteiger partial charge in [0.05, 0.1) is 6.26 Å². The molecule has 0 bridgehead atoms. The topological polar surface area (TPSA) is 87.9 Å². The van der Waals surface area contributed by atoms with Crippen LogP contribution < -0.4 is 16.0 Å². The Morgan fingerprint density at radius 3 is 2.44 bits per heavy atom. The summed E-state index contributed by atoms with van der Waals surface area (Å²) in [5.41, 5.74) is -0.475. The van der Waals surface area contributed by atoms with Gasteiger partial charge in [-0.3, -0.25) is 4.99 Å². The Morgan fingerprint density at radius 2 is 1.85 bits per heavy atom. The number of guanidine groups is 1. The Bertz CT molecular complexity index is 540. The minimum Gasteiger partial charge on any atom is -0.469 e. The van der Waals surface area contributed by atoms with Gasteiger partial charge in [0.25, 0.3) is 0 Å². The van der Waals surface area contributed by atoms with E-state index >= 15 is 0 Å². The Labute approximate surface area is 180 Å². The van der Waals surface area contributed by atoms with Gasteiger partial charge in [0.1, 0.15) is 11.4 Å². The maximum absolute atomic E-state index is 11.6. The maximum Gasteiger partial charge on any atom is 0.407 e. The Balaban J connectivity index is 0.00000676. The van der Waals surface area contributed by atoms with E-state index in [-0.39, 0.29) is 30.1 Å². The number of alkyl carbamates (subject to hydrolysis) is 1. The lowest BCUT2D eigenvalue weighted by molar-refractivity contribution is 0.0527. The molecular formula is C19H35IN4O3. The standard InChI is InChI=1S/C19H34N4O3.HI/c1-15(2)14-23-17(21-12-9-16-8-6-13-25-16)20-10-7-11-22-18(24)26-19(3,4)5;/h6,8,13,15H,7,9-12,14H2,1-5H3,(H,22,24)(H2,20,21,23);1H. The summed E-state index contributed by atoms with van der Waals surface area (Å²) >= 11 is 0. The third kappa shape index (κ3) is 14.3. The summed E-state index contributed by atoms with van der Waals surface area (Å²) in [7, 11) is 0. The second-order valence-electron chi connectivity index (χ2n) is 7.55. The molecule has 3 N–H and O–H groups in total. The number of nitrogens with zero attached hydrogens (tertiary/aromatic N) is 1. The van der Waals surface area contributed by atoms with Gasteiger partial charge in [-0.1, -0.05) is 13.8 Å². The van der Waals surface area contributed by atoms with Crippen molar-refractivity contribution < 1.29 is 13.9 Å². The zero-order chi connectivity index (χ0) is 19.4. The van der Waals surface area contributed by atoms with Crippen molar-refractivity contribution in [3.63, 3.8) is 0 Å². The van der Waals surface area contributed by atoms with Crippen LogP contribution in [0.15, 0.2) is 27.8 Å². The van der Waals surface area contributed by atoms with Crippen LogP contribution in [-0.4, -0.2) is 43.8 Å². The highest BCUT2D eigenvalue weighted by Crippen LogP contribution is 2.06. The van der Waals surface area contributed by atoms with E-state index in [0.717, 1.165) is 37.7 Å². The molecule has 0 radical (unpaired) electrons. The van der Waals surface area contributed by atoms with Crippen molar-refractivity contribution >= 4 is 36.0 Å². The van der Waals surface area contributed by atoms with Gasteiger partial charge < -0.3 is 25.1 Å². The molecule has 1 aromatic heterocycles. The average molecular weight is 494 g/mol. The molecule has 0 aliphatic carbocycles. The number of nitrogens with one attached hydrogen (secondary N) is 3. The van der Waals surface area contributed by atoms with Crippen LogP contribution >= 0.6 is 24.0 Å². The van der Waals surface area contributed by atoms with Gasteiger partial charge in [0.2, 0.25) is 0 Å². The molecule has 0 saturated heterocycles. The first kappa shape index (κ1) is 25.6. The highest BCUT2D eigenvalue weighted by atomic mass is 127. The number of hydrogen-bond acceptors (Lipinski definition) is 4. The lowest BCUT2D eigenvalue weighted by Gasteiger charge is -2.19. The van der Waals surface area contributed by atoms with Crippen molar-refractivity contribution in [2.45, 2.75) is 53.1 Å². The van der Waals surface area contributed by atoms with Crippen molar-refractivity contribution in [3.8, 4) is 0 Å². The predicted molar refractivity (Wildman–Crippen MR) is 120 cm³/mol. The molecule has 0 aliphatic rings. The third-order valence-corrected chi connectivity index (χ3v) is 3.17. The van der Waals surface area contributed by atoms with Gasteiger partial charge in [0, 0.05) is 32.6 Å². The molecule has 0 spiro atoms. The second-order valence-corrected chi connectivity index (χ2v) is 7.55. The first-order chi connectivity index (χ1) is 12.3. The molecule has 0 aliphatic heterocycles. The van der Waals surface area contributed by atoms with Crippen LogP contribution in [0.5, 0.6) is 0 Å². The lowest BCUT2D eigenvalue weighted by Crippen LogP contribution is -2.40. The van der Waals surface area contributed by atoms with E-state index in [1.807, 2.05) is 32.9 Å². The molecule has 1 heterocycles. The van der Waals surface area contributed by atoms with Gasteiger partial charge in [-0.25, -0.2) is 4.79 Å². The van der Waals surface area contributed by atoms with Crippen LogP contribution in [0, 0.1) is 5.92 Å². The highest BCUT2D eigenvalue weighted by molar-refractivity contribution is 14.0. The largest absolute Gasteiger partial charge is 0.469 e. The molecule has 0 saturated carbocycles. The number of rotatable bonds is 9. The SMILES string of the molecule is CC(C)CN=C(NCCCNC(=O)OC(C)(C)C)NCCc1ccco1.I. The van der Waals surface area contributed by atoms with E-state index in [9.17, 15) is 4.79 Å². The number of halogens is 1. The summed E-state index contributed by atoms with van der Waals surface area (Å²) in [5.74, 6) is 2.22. The van der Waals surface area contributed by atoms with Crippen molar-refractivity contribution in [2.75, 3.05) is 26.2 Å². The van der Waals surface area contributed by atoms with Crippen LogP contribution in [0.3, 0.4) is 0 Å². The number of hydrogen-bond donors (Lipinski definition) is 3. The number of ether oxygens (including phenoxy) is 1. The van der Waals surface area contributed by atoms with Gasteiger partial charge in [-0.15, -0.1) is 24.0 Å². The molecule has 0 fully saturated rings. The predicted octanol–water partition coefficient (Wildman–Crippen LogP) is 3.55. The molecular weight excluding hydrogens is 459 g/mol. The highest BCUT2D eigenvalue weighted by Gasteiger charge is 2.15. The molecule has 0 unspecified atom stereocenters. The van der Waals surface area contributed by atoms with E-state index in [2.05, 4.69) is 34.8 Å². The van der Waals surface area contributed by atoms with E-state index < -0.39 is 5.60 Å². The number of carbonyl (C=O) groups is 1. The molecule has 27 heavy (non-hydrogen) atoms. The molecule has 1 rings (SSSR count). The second kappa shape index (κ2) is 13.7. The minimum atomic E-state index is -0.475. The Kier molecular flexibility index (Phi) is 12.9. The van der Waals surface area contributed by atoms with Crippen LogP contribution in [0.25, 0.3) is 0 Å². The quantitative estimate of drug-likeness (QED) is 0.212. The summed E-state index contributed by atoms with van der Waals surface area (Å²) in [6.45, 7) is 12.6. The Morgan fingerprint density at radius 1 is 1.19 bits per heavy atom. The summed E-state index contributed by atoms with van der Waals surface area (Å²) in [6, 6.07) is 3.85. The fraction of sp³-hybridized carbons (Fsp3) is 0.684. The monoisotopic (exact) mass is 494 g/mol. The zero-order valence-electron chi connectivity index (χ0n) is 17.1. The fourth-order valence-corrected chi connectivity index (χ4v) is 2.01. The molecule has 156 valence electrons. The van der Waals surface area contributed by atoms with Gasteiger partial charge >= 0.3 is 6.09 Å². The number of carbonyl (C=O) groups excluding carboxylic acids is 1. The van der Waals surface area contributed by atoms with E-state index in [1.54, 1.807) is 6.26 Å². The van der Waals surface area contributed by atoms with E-state index in [1.165, 1.54) is 0 Å². The molecule has 1 aromatic rings. The van der Waals surface area contributed by atoms with Crippen molar-refractivity contribution in [2.24, 2.45) is 10.9 Å². The van der Waals surface area contributed by atoms with Gasteiger partial charge in [-0.2, -0.15) is 0 Å². The van der Waals surface area contributed by atoms with Crippen LogP contribution in [-0.2, 0) is 11.2 Å². The summed E-state index contributed by atoms with van der Waals surface area (Å²) in [6.07, 6.45) is 2.87. The van der Waals surface area contributed by atoms with Gasteiger partial charge in [0.15, 0.2) is 5.96 Å². The third-order valence-electron chi connectivity index (χ3n) is 3.17. The lowest BCUT2D eigenvalue weighted by atomic mass is 10.2. The van der Waals surface area contributed by atoms with Crippen LogP contribution in [0.4, 0.5) is 4.79 Å². The number of amides is 1. The van der Waals surface area contributed by atoms with Crippen molar-refractivity contribution in [3.05, 3.63) is 24.2 Å². The average Bonchev–Trinajstić information content (AvgIpc) is 3.03. The minimum absolute atomic E-state index is 0. The normalized spacial score (nSPS) is 11.7. The first-order valence-corrected chi connectivity index (χ1v) is 9.27. The van der Waals surface area contributed by atoms with E-state index in [0.29, 0.717) is 19.0 Å². The first-order valence-electron chi connectivity index (χ1n) is 9.27. The van der Waals surface area contributed by atoms with E-state index in [4.69, 9.17) is 9.15 Å². The fourth-order valence-electron chi connectivity index (χ4n) is 2.01. The summed E-state index contributed by atoms with van der Waals surface area (Å²) in [4.78, 5) is 16.2. The number of furan rings is 1. The van der Waals surface area contributed by atoms with Crippen molar-refractivity contribution in [1.82, 2.24) is 16.0 Å². The summed E-state index contributed by atoms with van der Waals surface area (Å²) in [5, 5.41) is 9.36. The van der Waals surface area contributed by atoms with Crippen LogP contribution in [0.2, 0.25) is 0 Å². The maximum atomic E-state index is 11.6. The number of aliphatic imine (C=N–C) groups is 1. The molecule has 0 aromatic carbocycles. The smallest absolute Gasteiger partial charge is 0.407 e.